The van der Waals surface area contributed by atoms with Crippen LogP contribution in [-0.2, 0) is 4.74 Å². The molecule has 0 spiro atoms. The molecule has 7 rings (SSSR count). The lowest BCUT2D eigenvalue weighted by Crippen LogP contribution is -2.72. The molecule has 0 unspecified atom stereocenters. The van der Waals surface area contributed by atoms with E-state index in [0.29, 0.717) is 24.2 Å². The zero-order valence-corrected chi connectivity index (χ0v) is 20.4. The van der Waals surface area contributed by atoms with Gasteiger partial charge in [0.05, 0.1) is 35.6 Å². The molecular weight excluding hydrogens is 418 g/mol. The van der Waals surface area contributed by atoms with Crippen LogP contribution in [0.4, 0.5) is 0 Å². The first-order valence-electron chi connectivity index (χ1n) is 13.8. The van der Waals surface area contributed by atoms with Gasteiger partial charge in [0.1, 0.15) is 0 Å². The Bertz CT molecular complexity index is 833. The van der Waals surface area contributed by atoms with Crippen LogP contribution in [0.5, 0.6) is 0 Å². The Kier molecular flexibility index (Phi) is 4.49. The molecule has 4 aliphatic carbocycles. The van der Waals surface area contributed by atoms with E-state index in [4.69, 9.17) is 4.74 Å². The highest BCUT2D eigenvalue weighted by atomic mass is 16.5. The molecule has 6 nitrogen and oxygen atoms in total. The fourth-order valence-electron chi connectivity index (χ4n) is 11.2. The summed E-state index contributed by atoms with van der Waals surface area (Å²) in [6.45, 7) is 8.55. The number of aliphatic hydroxyl groups is 4. The maximum absolute atomic E-state index is 12.5. The quantitative estimate of drug-likeness (QED) is 0.440. The fourth-order valence-corrected chi connectivity index (χ4v) is 11.2. The van der Waals surface area contributed by atoms with Gasteiger partial charge < -0.3 is 25.2 Å². The minimum Gasteiger partial charge on any atom is -0.393 e. The molecule has 0 aromatic rings. The minimum absolute atomic E-state index is 0.0172. The van der Waals surface area contributed by atoms with Crippen molar-refractivity contribution < 1.29 is 25.2 Å². The Morgan fingerprint density at radius 3 is 2.45 bits per heavy atom. The first kappa shape index (κ1) is 22.0. The lowest BCUT2D eigenvalue weighted by Gasteiger charge is -2.62. The summed E-state index contributed by atoms with van der Waals surface area (Å²) in [5.74, 6) is 1.41. The van der Waals surface area contributed by atoms with Crippen molar-refractivity contribution in [2.45, 2.75) is 107 Å². The summed E-state index contributed by atoms with van der Waals surface area (Å²) in [5, 5.41) is 46.5. The molecule has 2 bridgehead atoms. The van der Waals surface area contributed by atoms with Gasteiger partial charge in [-0.3, -0.25) is 4.90 Å². The molecular formula is C27H43NO5. The summed E-state index contributed by atoms with van der Waals surface area (Å²) in [6.07, 6.45) is 4.98. The number of hydrogen-bond donors (Lipinski definition) is 4. The van der Waals surface area contributed by atoms with E-state index in [2.05, 4.69) is 18.7 Å². The second kappa shape index (κ2) is 6.74. The van der Waals surface area contributed by atoms with Gasteiger partial charge in [0.15, 0.2) is 0 Å². The van der Waals surface area contributed by atoms with Crippen LogP contribution < -0.4 is 0 Å². The predicted molar refractivity (Wildman–Crippen MR) is 122 cm³/mol. The van der Waals surface area contributed by atoms with E-state index >= 15 is 0 Å². The Labute approximate surface area is 197 Å². The molecule has 4 N–H and O–H groups in total. The largest absolute Gasteiger partial charge is 0.393 e. The smallest absolute Gasteiger partial charge is 0.0872 e. The molecule has 7 aliphatic rings. The maximum Gasteiger partial charge on any atom is 0.0872 e. The van der Waals surface area contributed by atoms with Crippen LogP contribution in [0.3, 0.4) is 0 Å². The standard InChI is InChI=1S/C27H43NO5/c1-13-4-5-21-26(3,31)22-14(12-28(21)11-13)15-8-16-23(27(15,32)10-19(22)30)20-9-17-24(33-20)18(29)6-7-25(16,17)2/h13-24,29-32H,4-12H2,1-3H3/t13-,14-,15-,16-,17+,18-,19-,20+,21-,22+,23-,24-,25+,26+,27-/m0/s1. The molecule has 3 heterocycles. The fraction of sp³-hybridized carbons (Fsp3) is 1.00. The number of aliphatic hydroxyl groups excluding tert-OH is 2. The van der Waals surface area contributed by atoms with E-state index in [1.54, 1.807) is 0 Å². The van der Waals surface area contributed by atoms with Crippen molar-refractivity contribution in [2.75, 3.05) is 13.1 Å². The van der Waals surface area contributed by atoms with Crippen molar-refractivity contribution in [3.05, 3.63) is 0 Å². The highest BCUT2D eigenvalue weighted by Crippen LogP contribution is 2.71. The molecule has 3 aliphatic heterocycles. The predicted octanol–water partition coefficient (Wildman–Crippen LogP) is 1.78. The first-order valence-corrected chi connectivity index (χ1v) is 13.8. The third-order valence-electron chi connectivity index (χ3n) is 12.5. The van der Waals surface area contributed by atoms with Gasteiger partial charge in [-0.05, 0) is 80.5 Å². The number of ether oxygens (including phenoxy) is 1. The summed E-state index contributed by atoms with van der Waals surface area (Å²) < 4.78 is 6.52. The second-order valence-corrected chi connectivity index (χ2v) is 13.9. The van der Waals surface area contributed by atoms with E-state index in [9.17, 15) is 20.4 Å². The van der Waals surface area contributed by atoms with E-state index in [1.165, 1.54) is 0 Å². The van der Waals surface area contributed by atoms with Crippen molar-refractivity contribution in [1.82, 2.24) is 4.90 Å². The van der Waals surface area contributed by atoms with Crippen LogP contribution in [-0.4, -0.2) is 80.1 Å². The van der Waals surface area contributed by atoms with Gasteiger partial charge in [0, 0.05) is 37.4 Å². The molecule has 33 heavy (non-hydrogen) atoms. The Morgan fingerprint density at radius 2 is 1.67 bits per heavy atom. The molecule has 0 aromatic carbocycles. The van der Waals surface area contributed by atoms with Crippen LogP contribution in [0.15, 0.2) is 0 Å². The second-order valence-electron chi connectivity index (χ2n) is 13.9. The van der Waals surface area contributed by atoms with E-state index in [1.807, 2.05) is 6.92 Å². The van der Waals surface area contributed by atoms with Crippen LogP contribution in [0.2, 0.25) is 0 Å². The SMILES string of the molecule is C[C@H]1CC[C@@H]2N(C1)C[C@@H]1[C@H]([C@@H](O)C[C@@]3(O)[C@@H]4[C@H]5C[C@@H]6[C@H](O5)[C@@H](O)CC[C@]6(C)[C@H]4C[C@@H]13)[C@]2(C)O. The van der Waals surface area contributed by atoms with E-state index in [-0.39, 0.29) is 53.4 Å². The molecule has 7 fully saturated rings. The highest BCUT2D eigenvalue weighted by molar-refractivity contribution is 5.23. The molecule has 0 amide bonds. The average Bonchev–Trinajstić information content (AvgIpc) is 3.28. The van der Waals surface area contributed by atoms with Crippen molar-refractivity contribution in [1.29, 1.82) is 0 Å². The maximum atomic E-state index is 12.5. The number of fused-ring (bicyclic) bond motifs is 9. The summed E-state index contributed by atoms with van der Waals surface area (Å²) in [5.41, 5.74) is -1.80. The van der Waals surface area contributed by atoms with Crippen LogP contribution in [0.25, 0.3) is 0 Å². The molecule has 15 atom stereocenters. The van der Waals surface area contributed by atoms with Crippen LogP contribution in [0.1, 0.15) is 65.7 Å². The summed E-state index contributed by atoms with van der Waals surface area (Å²) in [7, 11) is 0. The van der Waals surface area contributed by atoms with Gasteiger partial charge in [-0.25, -0.2) is 0 Å². The lowest BCUT2D eigenvalue weighted by atomic mass is 9.51. The van der Waals surface area contributed by atoms with Gasteiger partial charge >= 0.3 is 0 Å². The Balaban J connectivity index is 1.28. The summed E-state index contributed by atoms with van der Waals surface area (Å²) in [4.78, 5) is 2.49. The monoisotopic (exact) mass is 461 g/mol. The van der Waals surface area contributed by atoms with Crippen molar-refractivity contribution >= 4 is 0 Å². The normalized spacial score (nSPS) is 66.3. The molecule has 0 radical (unpaired) electrons. The topological polar surface area (TPSA) is 93.4 Å². The Hall–Kier alpha value is -0.240. The number of piperidine rings is 2. The molecule has 3 saturated heterocycles. The third-order valence-corrected chi connectivity index (χ3v) is 12.5. The van der Waals surface area contributed by atoms with Gasteiger partial charge in [-0.15, -0.1) is 0 Å². The summed E-state index contributed by atoms with van der Waals surface area (Å²) >= 11 is 0. The highest BCUT2D eigenvalue weighted by Gasteiger charge is 2.74. The van der Waals surface area contributed by atoms with E-state index in [0.717, 1.165) is 51.6 Å². The average molecular weight is 462 g/mol. The zero-order chi connectivity index (χ0) is 23.1. The van der Waals surface area contributed by atoms with Gasteiger partial charge in [0.2, 0.25) is 0 Å². The van der Waals surface area contributed by atoms with Crippen molar-refractivity contribution in [3.63, 3.8) is 0 Å². The molecule has 186 valence electrons. The zero-order valence-electron chi connectivity index (χ0n) is 20.4. The van der Waals surface area contributed by atoms with Crippen LogP contribution in [0, 0.1) is 46.8 Å². The third kappa shape index (κ3) is 2.61. The lowest BCUT2D eigenvalue weighted by molar-refractivity contribution is -0.243. The van der Waals surface area contributed by atoms with Crippen molar-refractivity contribution in [3.8, 4) is 0 Å². The molecule has 6 heteroatoms. The molecule has 4 saturated carbocycles. The first-order chi connectivity index (χ1) is 15.6. The van der Waals surface area contributed by atoms with Crippen LogP contribution >= 0.6 is 0 Å². The number of rotatable bonds is 0. The minimum atomic E-state index is -0.948. The summed E-state index contributed by atoms with van der Waals surface area (Å²) in [6, 6.07) is 0.108. The van der Waals surface area contributed by atoms with Gasteiger partial charge in [-0.1, -0.05) is 13.8 Å². The van der Waals surface area contributed by atoms with E-state index < -0.39 is 17.3 Å². The van der Waals surface area contributed by atoms with Gasteiger partial charge in [0.25, 0.3) is 0 Å². The number of hydrogen-bond acceptors (Lipinski definition) is 6. The molecule has 0 aromatic heterocycles. The Morgan fingerprint density at radius 1 is 0.879 bits per heavy atom. The van der Waals surface area contributed by atoms with Crippen molar-refractivity contribution in [2.24, 2.45) is 46.8 Å². The number of nitrogens with zero attached hydrogens (tertiary/aromatic N) is 1. The van der Waals surface area contributed by atoms with Gasteiger partial charge in [-0.2, -0.15) is 0 Å².